The van der Waals surface area contributed by atoms with Crippen LogP contribution in [0.1, 0.15) is 43.5 Å². The van der Waals surface area contributed by atoms with Gasteiger partial charge in [0.2, 0.25) is 11.6 Å². The van der Waals surface area contributed by atoms with Crippen molar-refractivity contribution in [1.82, 2.24) is 50.0 Å². The van der Waals surface area contributed by atoms with Gasteiger partial charge >= 0.3 is 0 Å². The molecule has 332 valence electrons. The molecule has 0 spiro atoms. The van der Waals surface area contributed by atoms with Gasteiger partial charge in [-0.2, -0.15) is 0 Å². The Kier molecular flexibility index (Phi) is 13.0. The highest BCUT2D eigenvalue weighted by Gasteiger charge is 2.30. The first-order valence-electron chi connectivity index (χ1n) is 21.3. The summed E-state index contributed by atoms with van der Waals surface area (Å²) in [4.78, 5) is 64.9. The van der Waals surface area contributed by atoms with Gasteiger partial charge in [-0.15, -0.1) is 10.2 Å². The van der Waals surface area contributed by atoms with Crippen molar-refractivity contribution in [3.8, 4) is 35.2 Å². The number of carbonyl (C=O) groups excluding carboxylic acids is 4. The fourth-order valence-corrected chi connectivity index (χ4v) is 7.36. The molecular weight excluding hydrogens is 841 g/mol. The molecule has 5 heterocycles. The summed E-state index contributed by atoms with van der Waals surface area (Å²) in [6, 6.07) is 28.2. The van der Waals surface area contributed by atoms with Crippen molar-refractivity contribution >= 4 is 35.0 Å². The fraction of sp³-hybridized carbons (Fsp3) is 0.250. The van der Waals surface area contributed by atoms with Crippen molar-refractivity contribution in [3.05, 3.63) is 144 Å². The van der Waals surface area contributed by atoms with Gasteiger partial charge in [0, 0.05) is 37.3 Å². The van der Waals surface area contributed by atoms with E-state index in [0.29, 0.717) is 60.2 Å². The maximum Gasteiger partial charge on any atom is 0.291 e. The average Bonchev–Trinajstić information content (AvgIpc) is 3.94. The number of ether oxygens (including phenoxy) is 2. The summed E-state index contributed by atoms with van der Waals surface area (Å²) >= 11 is 0. The van der Waals surface area contributed by atoms with Crippen LogP contribution < -0.4 is 30.7 Å². The summed E-state index contributed by atoms with van der Waals surface area (Å²) in [5, 5.41) is 19.6. The van der Waals surface area contributed by atoms with E-state index in [9.17, 15) is 19.2 Å². The van der Waals surface area contributed by atoms with Crippen molar-refractivity contribution in [2.45, 2.75) is 25.2 Å². The van der Waals surface area contributed by atoms with Crippen molar-refractivity contribution in [3.63, 3.8) is 0 Å². The third kappa shape index (κ3) is 10.9. The van der Waals surface area contributed by atoms with E-state index in [1.165, 1.54) is 12.7 Å². The predicted molar refractivity (Wildman–Crippen MR) is 241 cm³/mol. The number of rotatable bonds is 10. The Morgan fingerprint density at radius 2 is 1.03 bits per heavy atom. The van der Waals surface area contributed by atoms with Gasteiger partial charge in [-0.05, 0) is 47.5 Å². The molecule has 18 nitrogen and oxygen atoms in total. The largest absolute Gasteiger partial charge is 0.489 e. The van der Waals surface area contributed by atoms with Crippen molar-refractivity contribution in [2.24, 2.45) is 0 Å². The number of benzene rings is 4. The Hall–Kier alpha value is -8.32. The van der Waals surface area contributed by atoms with Gasteiger partial charge in [-0.1, -0.05) is 84.3 Å². The molecule has 0 saturated carbocycles. The van der Waals surface area contributed by atoms with Crippen LogP contribution in [0.15, 0.2) is 110 Å². The molecule has 0 unspecified atom stereocenters. The molecular formula is C48H44N12O6. The van der Waals surface area contributed by atoms with Gasteiger partial charge in [0.05, 0.1) is 37.6 Å². The number of anilines is 2. The van der Waals surface area contributed by atoms with Gasteiger partial charge in [0.15, 0.2) is 0 Å². The molecule has 3 aliphatic heterocycles. The Morgan fingerprint density at radius 3 is 1.45 bits per heavy atom. The second-order valence-corrected chi connectivity index (χ2v) is 15.7. The number of aromatic nitrogens is 6. The number of piperazine rings is 1. The topological polar surface area (TPSA) is 203 Å². The average molecular weight is 885 g/mol. The Labute approximate surface area is 379 Å². The lowest BCUT2D eigenvalue weighted by Gasteiger charge is -2.32. The number of hydrogen-bond donors (Lipinski definition) is 4. The maximum atomic E-state index is 13.1. The van der Waals surface area contributed by atoms with Gasteiger partial charge in [0.1, 0.15) is 49.5 Å². The van der Waals surface area contributed by atoms with Crippen LogP contribution in [0.3, 0.4) is 0 Å². The number of fused-ring (bicyclic) bond motifs is 2. The van der Waals surface area contributed by atoms with Crippen LogP contribution >= 0.6 is 0 Å². The predicted octanol–water partition coefficient (Wildman–Crippen LogP) is 2.25. The second kappa shape index (κ2) is 20.0. The van der Waals surface area contributed by atoms with Crippen LogP contribution in [-0.4, -0.2) is 128 Å². The van der Waals surface area contributed by atoms with Crippen molar-refractivity contribution in [2.75, 3.05) is 63.1 Å². The van der Waals surface area contributed by atoms with Crippen molar-refractivity contribution in [1.29, 1.82) is 0 Å². The highest BCUT2D eigenvalue weighted by atomic mass is 16.5. The molecule has 66 heavy (non-hydrogen) atoms. The van der Waals surface area contributed by atoms with Crippen LogP contribution in [0.25, 0.3) is 0 Å². The van der Waals surface area contributed by atoms with Gasteiger partial charge in [-0.25, -0.2) is 19.3 Å². The van der Waals surface area contributed by atoms with Gasteiger partial charge in [0.25, 0.3) is 23.6 Å². The molecule has 1 saturated heterocycles. The van der Waals surface area contributed by atoms with Crippen LogP contribution in [-0.2, 0) is 22.7 Å². The van der Waals surface area contributed by atoms with E-state index in [0.717, 1.165) is 37.3 Å². The molecule has 4 N–H and O–H groups in total. The minimum atomic E-state index is -0.956. The summed E-state index contributed by atoms with van der Waals surface area (Å²) in [6.45, 7) is 5.25. The molecule has 2 atom stereocenters. The summed E-state index contributed by atoms with van der Waals surface area (Å²) in [6.07, 6.45) is 2.96. The Morgan fingerprint density at radius 1 is 0.606 bits per heavy atom. The number of amides is 4. The van der Waals surface area contributed by atoms with E-state index in [-0.39, 0.29) is 24.9 Å². The number of nitrogens with zero attached hydrogens (tertiary/aromatic N) is 8. The first kappa shape index (κ1) is 43.0. The molecule has 2 aromatic heterocycles. The zero-order valence-corrected chi connectivity index (χ0v) is 35.6. The summed E-state index contributed by atoms with van der Waals surface area (Å²) in [5.41, 5.74) is 4.41. The molecule has 0 aliphatic carbocycles. The normalized spacial score (nSPS) is 17.0. The van der Waals surface area contributed by atoms with Crippen LogP contribution in [0, 0.1) is 23.7 Å². The lowest BCUT2D eigenvalue weighted by molar-refractivity contribution is -0.119. The summed E-state index contributed by atoms with van der Waals surface area (Å²) in [5.74, 6) is 11.8. The number of nitrogens with one attached hydrogen (secondary N) is 4. The standard InChI is InChI=1S/C48H44N12O6/c61-45-39(53-47(63)43-49-31-59(55-43)27-35-9-3-1-4-10-35)29-65-41-17-15-33(25-37(41)51-45)13-7-19-57-21-23-58(24-22-57)20-8-14-34-16-18-42-38(26-34)52-46(62)40(30-66-42)54-48(64)44-50-32-60(56-44)28-36-11-5-2-6-12-36/h1-6,9-12,15-18,25-26,31-32,39-40H,19-24,27-30H2,(H,51,61)(H,52,62)(H,53,63)(H,54,64)/t39-,40-/m0/s1. The van der Waals surface area contributed by atoms with Crippen LogP contribution in [0.4, 0.5) is 11.4 Å². The molecule has 0 radical (unpaired) electrons. The van der Waals surface area contributed by atoms with Gasteiger partial charge in [-0.3, -0.25) is 29.0 Å². The Bertz CT molecular complexity index is 2670. The Balaban J connectivity index is 0.703. The second-order valence-electron chi connectivity index (χ2n) is 15.7. The third-order valence-electron chi connectivity index (χ3n) is 10.9. The molecule has 4 amide bonds. The summed E-state index contributed by atoms with van der Waals surface area (Å²) < 4.78 is 14.9. The number of carbonyl (C=O) groups is 4. The molecule has 6 aromatic rings. The van der Waals surface area contributed by atoms with E-state index >= 15 is 0 Å². The lowest BCUT2D eigenvalue weighted by Crippen LogP contribution is -2.46. The monoisotopic (exact) mass is 884 g/mol. The minimum absolute atomic E-state index is 0.0418. The van der Waals surface area contributed by atoms with Gasteiger partial charge < -0.3 is 30.7 Å². The third-order valence-corrected chi connectivity index (χ3v) is 10.9. The molecule has 0 bridgehead atoms. The quantitative estimate of drug-likeness (QED) is 0.147. The van der Waals surface area contributed by atoms with Crippen LogP contribution in [0.2, 0.25) is 0 Å². The SMILES string of the molecule is O=C(N[C@H]1COc2ccc(C#CCN3CCN(CC#Cc4ccc5c(c4)NC(=O)[C@@H](NC(=O)c4ncn(Cc6ccccc6)n4)CO5)CC3)cc2NC1=O)c1ncn(Cc2ccccc2)n1. The smallest absolute Gasteiger partial charge is 0.291 e. The van der Waals surface area contributed by atoms with E-state index in [1.54, 1.807) is 33.6 Å². The lowest BCUT2D eigenvalue weighted by atomic mass is 10.2. The maximum absolute atomic E-state index is 13.1. The van der Waals surface area contributed by atoms with E-state index in [2.05, 4.69) is 74.9 Å². The fourth-order valence-electron chi connectivity index (χ4n) is 7.36. The number of hydrogen-bond acceptors (Lipinski definition) is 12. The highest BCUT2D eigenvalue weighted by Crippen LogP contribution is 2.29. The van der Waals surface area contributed by atoms with E-state index < -0.39 is 35.7 Å². The zero-order valence-electron chi connectivity index (χ0n) is 35.6. The molecule has 9 rings (SSSR count). The molecule has 4 aromatic carbocycles. The molecule has 3 aliphatic rings. The van der Waals surface area contributed by atoms with Crippen LogP contribution in [0.5, 0.6) is 11.5 Å². The first-order valence-corrected chi connectivity index (χ1v) is 21.3. The van der Waals surface area contributed by atoms with Crippen molar-refractivity contribution < 1.29 is 28.7 Å². The summed E-state index contributed by atoms with van der Waals surface area (Å²) in [7, 11) is 0. The zero-order chi connectivity index (χ0) is 45.2. The highest BCUT2D eigenvalue weighted by molar-refractivity contribution is 6.02. The minimum Gasteiger partial charge on any atom is -0.489 e. The first-order chi connectivity index (χ1) is 32.3. The molecule has 1 fully saturated rings. The molecule has 18 heteroatoms. The van der Waals surface area contributed by atoms with E-state index in [4.69, 9.17) is 9.47 Å². The van der Waals surface area contributed by atoms with E-state index in [1.807, 2.05) is 72.8 Å².